The Labute approximate surface area is 347 Å². The minimum Gasteiger partial charge on any atom is -0.310 e. The first kappa shape index (κ1) is 35.2. The van der Waals surface area contributed by atoms with Gasteiger partial charge in [0.15, 0.2) is 0 Å². The molecule has 59 heavy (non-hydrogen) atoms. The molecule has 0 unspecified atom stereocenters. The standard InChI is InChI=1S/C58H45N/c1-57(2)51-20-12-11-19-48(51)49-34-27-43(36-53(49)57)47-33-26-42-18-13-21-52-55(42)56(47)50-35-32-46(37-54(50)58(52,3)4)59(44-28-22-40(23-29-44)38-14-7-5-8-15-38)45-30-24-41(25-31-45)39-16-9-6-10-17-39/h5-37H,1-4H3. The largest absolute Gasteiger partial charge is 0.310 e. The fourth-order valence-corrected chi connectivity index (χ4v) is 10.2. The highest BCUT2D eigenvalue weighted by atomic mass is 15.1. The van der Waals surface area contributed by atoms with Gasteiger partial charge in [0, 0.05) is 27.9 Å². The third-order valence-corrected chi connectivity index (χ3v) is 13.3. The molecule has 0 aromatic heterocycles. The van der Waals surface area contributed by atoms with Gasteiger partial charge >= 0.3 is 0 Å². The van der Waals surface area contributed by atoms with Crippen LogP contribution in [-0.2, 0) is 10.8 Å². The van der Waals surface area contributed by atoms with E-state index in [2.05, 4.69) is 233 Å². The summed E-state index contributed by atoms with van der Waals surface area (Å²) in [6.45, 7) is 9.56. The van der Waals surface area contributed by atoms with Crippen molar-refractivity contribution in [1.29, 1.82) is 0 Å². The van der Waals surface area contributed by atoms with Gasteiger partial charge in [0.25, 0.3) is 0 Å². The lowest BCUT2D eigenvalue weighted by molar-refractivity contribution is 0.645. The lowest BCUT2D eigenvalue weighted by Crippen LogP contribution is -2.24. The molecule has 2 aliphatic carbocycles. The number of hydrogen-bond acceptors (Lipinski definition) is 1. The Kier molecular flexibility index (Phi) is 7.94. The molecule has 0 atom stereocenters. The highest BCUT2D eigenvalue weighted by molar-refractivity contribution is 6.09. The van der Waals surface area contributed by atoms with Crippen molar-refractivity contribution in [3.63, 3.8) is 0 Å². The van der Waals surface area contributed by atoms with E-state index in [9.17, 15) is 0 Å². The fourth-order valence-electron chi connectivity index (χ4n) is 10.2. The normalized spacial score (nSPS) is 14.0. The first-order chi connectivity index (χ1) is 28.8. The van der Waals surface area contributed by atoms with E-state index in [0.717, 1.165) is 17.1 Å². The van der Waals surface area contributed by atoms with E-state index in [-0.39, 0.29) is 10.8 Å². The van der Waals surface area contributed by atoms with Gasteiger partial charge in [-0.15, -0.1) is 0 Å². The molecule has 11 rings (SSSR count). The topological polar surface area (TPSA) is 3.24 Å². The summed E-state index contributed by atoms with van der Waals surface area (Å²) in [4.78, 5) is 2.42. The Morgan fingerprint density at radius 3 is 1.44 bits per heavy atom. The van der Waals surface area contributed by atoms with E-state index in [0.29, 0.717) is 0 Å². The SMILES string of the molecule is CC1(C)c2ccccc2-c2ccc(-c3ccc4cccc5c4c3-c3ccc(N(c4ccc(-c6ccccc6)cc4)c4ccc(-c6ccccc6)cc4)cc3C5(C)C)cc21. The Hall–Kier alpha value is -6.96. The lowest BCUT2D eigenvalue weighted by atomic mass is 9.67. The zero-order valence-electron chi connectivity index (χ0n) is 34.0. The van der Waals surface area contributed by atoms with E-state index < -0.39 is 0 Å². The molecule has 0 fully saturated rings. The molecule has 9 aromatic carbocycles. The summed E-state index contributed by atoms with van der Waals surface area (Å²) in [5.41, 5.74) is 21.3. The third-order valence-electron chi connectivity index (χ3n) is 13.3. The zero-order valence-corrected chi connectivity index (χ0v) is 34.0. The Bertz CT molecular complexity index is 2980. The van der Waals surface area contributed by atoms with Crippen LogP contribution in [0, 0.1) is 0 Å². The van der Waals surface area contributed by atoms with Gasteiger partial charge in [0.2, 0.25) is 0 Å². The van der Waals surface area contributed by atoms with Gasteiger partial charge in [-0.1, -0.05) is 185 Å². The van der Waals surface area contributed by atoms with E-state index >= 15 is 0 Å². The monoisotopic (exact) mass is 755 g/mol. The predicted molar refractivity (Wildman–Crippen MR) is 250 cm³/mol. The molecule has 0 aliphatic heterocycles. The van der Waals surface area contributed by atoms with Crippen LogP contribution >= 0.6 is 0 Å². The molecule has 0 saturated heterocycles. The van der Waals surface area contributed by atoms with Crippen LogP contribution in [0.5, 0.6) is 0 Å². The van der Waals surface area contributed by atoms with Crippen molar-refractivity contribution in [2.45, 2.75) is 38.5 Å². The zero-order chi connectivity index (χ0) is 39.9. The molecule has 1 nitrogen and oxygen atoms in total. The minimum atomic E-state index is -0.238. The van der Waals surface area contributed by atoms with Crippen LogP contribution in [0.1, 0.15) is 49.9 Å². The average molecular weight is 756 g/mol. The van der Waals surface area contributed by atoms with E-state index in [1.165, 1.54) is 88.7 Å². The molecule has 0 amide bonds. The van der Waals surface area contributed by atoms with Gasteiger partial charge in [-0.05, 0) is 131 Å². The van der Waals surface area contributed by atoms with Crippen molar-refractivity contribution >= 4 is 27.8 Å². The Balaban J connectivity index is 1.08. The Morgan fingerprint density at radius 2 is 0.780 bits per heavy atom. The molecule has 2 aliphatic rings. The molecular weight excluding hydrogens is 711 g/mol. The summed E-state index contributed by atoms with van der Waals surface area (Å²) in [7, 11) is 0. The second-order valence-electron chi connectivity index (χ2n) is 17.3. The number of rotatable bonds is 6. The number of fused-ring (bicyclic) bond motifs is 5. The maximum Gasteiger partial charge on any atom is 0.0465 e. The maximum atomic E-state index is 2.48. The van der Waals surface area contributed by atoms with Crippen molar-refractivity contribution < 1.29 is 0 Å². The molecular formula is C58H45N. The molecule has 282 valence electrons. The highest BCUT2D eigenvalue weighted by Crippen LogP contribution is 2.55. The summed E-state index contributed by atoms with van der Waals surface area (Å²) >= 11 is 0. The molecule has 0 radical (unpaired) electrons. The fraction of sp³-hybridized carbons (Fsp3) is 0.103. The minimum absolute atomic E-state index is 0.0714. The highest BCUT2D eigenvalue weighted by Gasteiger charge is 2.38. The third kappa shape index (κ3) is 5.53. The first-order valence-corrected chi connectivity index (χ1v) is 20.8. The average Bonchev–Trinajstić information content (AvgIpc) is 3.51. The van der Waals surface area contributed by atoms with Crippen molar-refractivity contribution in [1.82, 2.24) is 0 Å². The second-order valence-corrected chi connectivity index (χ2v) is 17.3. The van der Waals surface area contributed by atoms with Gasteiger partial charge in [0.05, 0.1) is 0 Å². The summed E-state index contributed by atoms with van der Waals surface area (Å²) in [5.74, 6) is 0. The van der Waals surface area contributed by atoms with E-state index in [1.807, 2.05) is 0 Å². The molecule has 0 heterocycles. The van der Waals surface area contributed by atoms with E-state index in [1.54, 1.807) is 0 Å². The van der Waals surface area contributed by atoms with Crippen LogP contribution in [0.15, 0.2) is 200 Å². The van der Waals surface area contributed by atoms with Crippen LogP contribution < -0.4 is 4.90 Å². The van der Waals surface area contributed by atoms with Gasteiger partial charge < -0.3 is 4.90 Å². The van der Waals surface area contributed by atoms with Crippen LogP contribution in [0.4, 0.5) is 17.1 Å². The summed E-state index contributed by atoms with van der Waals surface area (Å²) in [6, 6.07) is 74.2. The first-order valence-electron chi connectivity index (χ1n) is 20.8. The van der Waals surface area contributed by atoms with Crippen LogP contribution in [0.3, 0.4) is 0 Å². The van der Waals surface area contributed by atoms with Gasteiger partial charge in [-0.3, -0.25) is 0 Å². The van der Waals surface area contributed by atoms with Gasteiger partial charge in [-0.25, -0.2) is 0 Å². The van der Waals surface area contributed by atoms with Crippen molar-refractivity contribution in [2.24, 2.45) is 0 Å². The quantitative estimate of drug-likeness (QED) is 0.163. The van der Waals surface area contributed by atoms with Crippen molar-refractivity contribution in [3.05, 3.63) is 222 Å². The molecule has 0 N–H and O–H groups in total. The molecule has 9 aromatic rings. The second kappa shape index (κ2) is 13.3. The smallest absolute Gasteiger partial charge is 0.0465 e. The van der Waals surface area contributed by atoms with Crippen LogP contribution in [0.25, 0.3) is 66.4 Å². The number of hydrogen-bond donors (Lipinski definition) is 0. The molecule has 0 bridgehead atoms. The number of nitrogens with zero attached hydrogens (tertiary/aromatic N) is 1. The van der Waals surface area contributed by atoms with Crippen LogP contribution in [0.2, 0.25) is 0 Å². The van der Waals surface area contributed by atoms with Gasteiger partial charge in [-0.2, -0.15) is 0 Å². The van der Waals surface area contributed by atoms with E-state index in [4.69, 9.17) is 0 Å². The molecule has 0 spiro atoms. The maximum absolute atomic E-state index is 2.48. The van der Waals surface area contributed by atoms with Crippen molar-refractivity contribution in [3.8, 4) is 55.6 Å². The Morgan fingerprint density at radius 1 is 0.305 bits per heavy atom. The summed E-state index contributed by atoms with van der Waals surface area (Å²) in [5, 5.41) is 2.65. The number of anilines is 3. The number of benzene rings is 9. The summed E-state index contributed by atoms with van der Waals surface area (Å²) in [6.07, 6.45) is 0. The lowest BCUT2D eigenvalue weighted by Gasteiger charge is -2.37. The molecule has 1 heteroatoms. The van der Waals surface area contributed by atoms with Crippen LogP contribution in [-0.4, -0.2) is 0 Å². The molecule has 0 saturated carbocycles. The van der Waals surface area contributed by atoms with Crippen molar-refractivity contribution in [2.75, 3.05) is 4.90 Å². The predicted octanol–water partition coefficient (Wildman–Crippen LogP) is 15.9. The summed E-state index contributed by atoms with van der Waals surface area (Å²) < 4.78 is 0. The van der Waals surface area contributed by atoms with Gasteiger partial charge in [0.1, 0.15) is 0 Å².